The molecule has 0 saturated heterocycles. The van der Waals surface area contributed by atoms with Crippen molar-refractivity contribution in [2.24, 2.45) is 0 Å². The summed E-state index contributed by atoms with van der Waals surface area (Å²) >= 11 is 1.56. The Labute approximate surface area is 98.4 Å². The molecular weight excluding hydrogens is 218 g/mol. The van der Waals surface area contributed by atoms with Gasteiger partial charge in [-0.05, 0) is 18.6 Å². The van der Waals surface area contributed by atoms with Crippen LogP contribution in [0.4, 0.5) is 10.8 Å². The van der Waals surface area contributed by atoms with Gasteiger partial charge >= 0.3 is 0 Å². The minimum Gasteiger partial charge on any atom is -0.227 e. The summed E-state index contributed by atoms with van der Waals surface area (Å²) in [5, 5.41) is 14.0. The second-order valence-corrected chi connectivity index (χ2v) is 4.30. The number of aryl methyl sites for hydroxylation is 1. The Morgan fingerprint density at radius 2 is 2.25 bits per heavy atom. The van der Waals surface area contributed by atoms with Gasteiger partial charge in [0.15, 0.2) is 0 Å². The van der Waals surface area contributed by atoms with Crippen LogP contribution >= 0.6 is 11.3 Å². The number of hydrogen-bond donors (Lipinski definition) is 0. The Morgan fingerprint density at radius 3 is 2.94 bits per heavy atom. The van der Waals surface area contributed by atoms with Crippen LogP contribution in [0.5, 0.6) is 0 Å². The minimum absolute atomic E-state index is 0.579. The summed E-state index contributed by atoms with van der Waals surface area (Å²) in [4.78, 5) is 5.40. The van der Waals surface area contributed by atoms with Gasteiger partial charge < -0.3 is 0 Å². The number of nitrogens with zero attached hydrogens (tertiary/aromatic N) is 3. The van der Waals surface area contributed by atoms with Gasteiger partial charge in [0.1, 0.15) is 6.07 Å². The Hall–Kier alpha value is -1.86. The number of para-hydroxylation sites is 1. The maximum absolute atomic E-state index is 8.92. The van der Waals surface area contributed by atoms with Gasteiger partial charge in [-0.2, -0.15) is 5.26 Å². The van der Waals surface area contributed by atoms with Gasteiger partial charge in [0.05, 0.1) is 11.3 Å². The van der Waals surface area contributed by atoms with E-state index in [0.717, 1.165) is 6.42 Å². The van der Waals surface area contributed by atoms with Crippen molar-refractivity contribution < 1.29 is 0 Å². The topological polar surface area (TPSA) is 50.8 Å². The van der Waals surface area contributed by atoms with E-state index >= 15 is 0 Å². The van der Waals surface area contributed by atoms with E-state index in [1.165, 1.54) is 4.88 Å². The summed E-state index contributed by atoms with van der Waals surface area (Å²) in [6, 6.07) is 9.40. The van der Waals surface area contributed by atoms with Gasteiger partial charge in [-0.3, -0.25) is 0 Å². The number of benzene rings is 1. The predicted octanol–water partition coefficient (Wildman–Crippen LogP) is 3.14. The average Bonchev–Trinajstić information content (AvgIpc) is 2.77. The lowest BCUT2D eigenvalue weighted by molar-refractivity contribution is 1.12. The van der Waals surface area contributed by atoms with E-state index in [2.05, 4.69) is 23.3 Å². The fourth-order valence-electron chi connectivity index (χ4n) is 1.28. The lowest BCUT2D eigenvalue weighted by atomic mass is 10.2. The number of hydrogen-bond acceptors (Lipinski definition) is 3. The largest absolute Gasteiger partial charge is 0.227 e. The highest BCUT2D eigenvalue weighted by Gasteiger charge is 2.06. The molecule has 0 bridgehead atoms. The molecule has 0 amide bonds. The number of aromatic nitrogens is 1. The molecule has 0 aliphatic carbocycles. The quantitative estimate of drug-likeness (QED) is 0.810. The van der Waals surface area contributed by atoms with Crippen molar-refractivity contribution in [3.8, 4) is 6.07 Å². The van der Waals surface area contributed by atoms with Crippen molar-refractivity contribution in [2.75, 3.05) is 0 Å². The van der Waals surface area contributed by atoms with E-state index in [4.69, 9.17) is 5.26 Å². The second-order valence-electron chi connectivity index (χ2n) is 3.20. The van der Waals surface area contributed by atoms with Crippen LogP contribution in [-0.4, -0.2) is 4.98 Å². The molecule has 3 nitrogen and oxygen atoms in total. The van der Waals surface area contributed by atoms with Gasteiger partial charge in [-0.25, -0.2) is 10.3 Å². The first-order valence-corrected chi connectivity index (χ1v) is 5.80. The first-order chi connectivity index (χ1) is 7.83. The monoisotopic (exact) mass is 228 g/mol. The van der Waals surface area contributed by atoms with E-state index in [9.17, 15) is 0 Å². The van der Waals surface area contributed by atoms with Crippen molar-refractivity contribution in [3.63, 3.8) is 0 Å². The highest BCUT2D eigenvalue weighted by Crippen LogP contribution is 2.24. The molecule has 0 unspecified atom stereocenters. The molecule has 79 valence electrons. The Bertz CT molecular complexity index is 525. The third-order valence-electron chi connectivity index (χ3n) is 2.13. The molecule has 4 heteroatoms. The number of nitriles is 1. The highest BCUT2D eigenvalue weighted by atomic mass is 32.1. The van der Waals surface area contributed by atoms with E-state index in [1.807, 2.05) is 24.4 Å². The first-order valence-electron chi connectivity index (χ1n) is 4.99. The molecule has 2 aromatic rings. The summed E-state index contributed by atoms with van der Waals surface area (Å²) in [6.45, 7) is 2.08. The van der Waals surface area contributed by atoms with Crippen molar-refractivity contribution in [2.45, 2.75) is 13.3 Å². The molecule has 0 saturated carbocycles. The predicted molar refractivity (Wildman–Crippen MR) is 64.1 cm³/mol. The van der Waals surface area contributed by atoms with Crippen molar-refractivity contribution >= 4 is 22.2 Å². The molecule has 2 rings (SSSR count). The molecule has 0 aliphatic heterocycles. The standard InChI is InChI=1S/C12H10N3S/c1-2-10-8-14-12(16-10)15-11-6-4-3-5-9(11)7-13/h3-6,8H,2H2,1H3. The van der Waals surface area contributed by atoms with Crippen LogP contribution in [-0.2, 0) is 6.42 Å². The van der Waals surface area contributed by atoms with Gasteiger partial charge in [0.2, 0.25) is 5.13 Å². The third kappa shape index (κ3) is 2.20. The fraction of sp³-hybridized carbons (Fsp3) is 0.167. The molecule has 1 heterocycles. The molecule has 1 aromatic carbocycles. The summed E-state index contributed by atoms with van der Waals surface area (Å²) in [7, 11) is 0. The number of rotatable bonds is 3. The molecule has 16 heavy (non-hydrogen) atoms. The lowest BCUT2D eigenvalue weighted by Crippen LogP contribution is -1.90. The van der Waals surface area contributed by atoms with Crippen molar-refractivity contribution in [3.05, 3.63) is 40.9 Å². The van der Waals surface area contributed by atoms with Crippen LogP contribution in [0.2, 0.25) is 0 Å². The Kier molecular flexibility index (Phi) is 3.18. The van der Waals surface area contributed by atoms with Crippen LogP contribution in [0.25, 0.3) is 0 Å². The van der Waals surface area contributed by atoms with E-state index in [0.29, 0.717) is 16.4 Å². The fourth-order valence-corrected chi connectivity index (χ4v) is 2.01. The zero-order valence-corrected chi connectivity index (χ0v) is 9.66. The maximum Gasteiger partial charge on any atom is 0.209 e. The highest BCUT2D eigenvalue weighted by molar-refractivity contribution is 7.15. The normalized spacial score (nSPS) is 9.75. The maximum atomic E-state index is 8.92. The molecule has 0 N–H and O–H groups in total. The molecule has 0 spiro atoms. The lowest BCUT2D eigenvalue weighted by Gasteiger charge is -2.00. The van der Waals surface area contributed by atoms with Crippen LogP contribution in [0.3, 0.4) is 0 Å². The zero-order chi connectivity index (χ0) is 11.4. The Morgan fingerprint density at radius 1 is 1.44 bits per heavy atom. The second kappa shape index (κ2) is 4.77. The molecule has 1 radical (unpaired) electrons. The van der Waals surface area contributed by atoms with Gasteiger partial charge in [0.25, 0.3) is 0 Å². The van der Waals surface area contributed by atoms with Gasteiger partial charge in [-0.15, -0.1) is 0 Å². The van der Waals surface area contributed by atoms with Crippen LogP contribution in [0, 0.1) is 11.3 Å². The van der Waals surface area contributed by atoms with E-state index < -0.39 is 0 Å². The minimum atomic E-state index is 0.579. The van der Waals surface area contributed by atoms with Crippen molar-refractivity contribution in [1.29, 1.82) is 5.26 Å². The summed E-state index contributed by atoms with van der Waals surface area (Å²) in [5.74, 6) is 0. The summed E-state index contributed by atoms with van der Waals surface area (Å²) < 4.78 is 0. The van der Waals surface area contributed by atoms with E-state index in [-0.39, 0.29) is 0 Å². The summed E-state index contributed by atoms with van der Waals surface area (Å²) in [6.07, 6.45) is 2.80. The average molecular weight is 228 g/mol. The molecule has 0 aliphatic rings. The molecule has 1 aromatic heterocycles. The first kappa shape index (κ1) is 10.7. The summed E-state index contributed by atoms with van der Waals surface area (Å²) in [5.41, 5.74) is 1.26. The van der Waals surface area contributed by atoms with Crippen LogP contribution in [0.15, 0.2) is 30.5 Å². The van der Waals surface area contributed by atoms with Gasteiger partial charge in [0, 0.05) is 11.1 Å². The molecular formula is C12H10N3S. The Balaban J connectivity index is 2.24. The molecule has 0 atom stereocenters. The number of thiazole rings is 1. The van der Waals surface area contributed by atoms with E-state index in [1.54, 1.807) is 17.4 Å². The molecule has 0 fully saturated rings. The van der Waals surface area contributed by atoms with Gasteiger partial charge in [-0.1, -0.05) is 30.4 Å². The van der Waals surface area contributed by atoms with Crippen LogP contribution < -0.4 is 5.32 Å². The third-order valence-corrected chi connectivity index (χ3v) is 3.17. The smallest absolute Gasteiger partial charge is 0.209 e. The zero-order valence-electron chi connectivity index (χ0n) is 8.84. The SMILES string of the molecule is CCc1cnc([N]c2ccccc2C#N)s1. The van der Waals surface area contributed by atoms with Crippen molar-refractivity contribution in [1.82, 2.24) is 10.3 Å². The van der Waals surface area contributed by atoms with Crippen LogP contribution in [0.1, 0.15) is 17.4 Å².